The first-order valence-corrected chi connectivity index (χ1v) is 6.14. The summed E-state index contributed by atoms with van der Waals surface area (Å²) < 4.78 is 4.98. The highest BCUT2D eigenvalue weighted by atomic mass is 16.6. The first-order valence-electron chi connectivity index (χ1n) is 6.14. The molecule has 1 aromatic heterocycles. The normalized spacial score (nSPS) is 12.3. The average Bonchev–Trinajstić information content (AvgIpc) is 2.36. The number of pyridine rings is 1. The summed E-state index contributed by atoms with van der Waals surface area (Å²) in [6.07, 6.45) is 0.812. The van der Waals surface area contributed by atoms with Crippen LogP contribution >= 0.6 is 0 Å². The van der Waals surface area contributed by atoms with E-state index >= 15 is 0 Å². The molecule has 0 saturated heterocycles. The first kappa shape index (κ1) is 15.2. The molecule has 7 nitrogen and oxygen atoms in total. The molecule has 1 rings (SSSR count). The van der Waals surface area contributed by atoms with Crippen molar-refractivity contribution in [1.29, 1.82) is 0 Å². The molecule has 0 saturated carbocycles. The second kappa shape index (κ2) is 6.89. The van der Waals surface area contributed by atoms with Crippen LogP contribution in [0.1, 0.15) is 20.3 Å². The van der Waals surface area contributed by atoms with Crippen LogP contribution in [0.25, 0.3) is 0 Å². The van der Waals surface area contributed by atoms with Crippen molar-refractivity contribution in [3.8, 4) is 5.88 Å². The molecule has 0 radical (unpaired) electrons. The van der Waals surface area contributed by atoms with Crippen molar-refractivity contribution < 1.29 is 9.66 Å². The van der Waals surface area contributed by atoms with E-state index in [-0.39, 0.29) is 17.5 Å². The molecule has 0 bridgehead atoms. The number of anilines is 1. The van der Waals surface area contributed by atoms with E-state index in [2.05, 4.69) is 24.1 Å². The molecule has 0 aliphatic heterocycles. The predicted molar refractivity (Wildman–Crippen MR) is 73.4 cm³/mol. The SMILES string of the molecule is COc1ccc([N+](=O)[O-])c(NC(CN)CC(C)C)n1. The summed E-state index contributed by atoms with van der Waals surface area (Å²) in [5.41, 5.74) is 5.59. The summed E-state index contributed by atoms with van der Waals surface area (Å²) in [5, 5.41) is 14.0. The Hall–Kier alpha value is -1.89. The van der Waals surface area contributed by atoms with Gasteiger partial charge in [-0.25, -0.2) is 0 Å². The van der Waals surface area contributed by atoms with Crippen LogP contribution in [-0.2, 0) is 0 Å². The van der Waals surface area contributed by atoms with Gasteiger partial charge in [-0.05, 0) is 12.3 Å². The zero-order chi connectivity index (χ0) is 14.4. The molecular weight excluding hydrogens is 248 g/mol. The van der Waals surface area contributed by atoms with Gasteiger partial charge in [0.1, 0.15) is 0 Å². The largest absolute Gasteiger partial charge is 0.481 e. The van der Waals surface area contributed by atoms with Gasteiger partial charge in [-0.3, -0.25) is 10.1 Å². The highest BCUT2D eigenvalue weighted by Crippen LogP contribution is 2.26. The van der Waals surface area contributed by atoms with Crippen molar-refractivity contribution in [3.63, 3.8) is 0 Å². The second-order valence-corrected chi connectivity index (χ2v) is 4.68. The fourth-order valence-electron chi connectivity index (χ4n) is 1.78. The summed E-state index contributed by atoms with van der Waals surface area (Å²) >= 11 is 0. The molecule has 0 fully saturated rings. The first-order chi connectivity index (χ1) is 8.97. The fourth-order valence-corrected chi connectivity index (χ4v) is 1.78. The van der Waals surface area contributed by atoms with Crippen molar-refractivity contribution in [3.05, 3.63) is 22.2 Å². The van der Waals surface area contributed by atoms with E-state index in [1.54, 1.807) is 0 Å². The highest BCUT2D eigenvalue weighted by molar-refractivity contribution is 5.57. The third-order valence-corrected chi connectivity index (χ3v) is 2.64. The molecule has 0 aliphatic rings. The number of nitro groups is 1. The maximum absolute atomic E-state index is 11.0. The van der Waals surface area contributed by atoms with Gasteiger partial charge in [0.15, 0.2) is 0 Å². The lowest BCUT2D eigenvalue weighted by Gasteiger charge is -2.19. The van der Waals surface area contributed by atoms with E-state index < -0.39 is 4.92 Å². The zero-order valence-corrected chi connectivity index (χ0v) is 11.4. The smallest absolute Gasteiger partial charge is 0.311 e. The zero-order valence-electron chi connectivity index (χ0n) is 11.4. The van der Waals surface area contributed by atoms with Gasteiger partial charge in [0, 0.05) is 24.7 Å². The topological polar surface area (TPSA) is 103 Å². The fraction of sp³-hybridized carbons (Fsp3) is 0.583. The van der Waals surface area contributed by atoms with Gasteiger partial charge < -0.3 is 15.8 Å². The maximum Gasteiger partial charge on any atom is 0.311 e. The maximum atomic E-state index is 11.0. The molecule has 1 heterocycles. The Morgan fingerprint density at radius 3 is 2.68 bits per heavy atom. The van der Waals surface area contributed by atoms with Crippen molar-refractivity contribution >= 4 is 11.5 Å². The van der Waals surface area contributed by atoms with E-state index in [9.17, 15) is 10.1 Å². The number of aromatic nitrogens is 1. The molecule has 0 spiro atoms. The summed E-state index contributed by atoms with van der Waals surface area (Å²) in [4.78, 5) is 14.6. The quantitative estimate of drug-likeness (QED) is 0.577. The van der Waals surface area contributed by atoms with Crippen LogP contribution in [0.15, 0.2) is 12.1 Å². The van der Waals surface area contributed by atoms with Gasteiger partial charge in [0.2, 0.25) is 11.7 Å². The lowest BCUT2D eigenvalue weighted by Crippen LogP contribution is -2.31. The highest BCUT2D eigenvalue weighted by Gasteiger charge is 2.19. The molecule has 106 valence electrons. The summed E-state index contributed by atoms with van der Waals surface area (Å²) in [6.45, 7) is 4.52. The summed E-state index contributed by atoms with van der Waals surface area (Å²) in [5.74, 6) is 0.958. The number of hydrogen-bond donors (Lipinski definition) is 2. The molecule has 19 heavy (non-hydrogen) atoms. The van der Waals surface area contributed by atoms with Gasteiger partial charge >= 0.3 is 5.69 Å². The van der Waals surface area contributed by atoms with E-state index in [4.69, 9.17) is 10.5 Å². The minimum Gasteiger partial charge on any atom is -0.481 e. The minimum atomic E-state index is -0.474. The Balaban J connectivity index is 2.98. The van der Waals surface area contributed by atoms with Crippen LogP contribution in [-0.4, -0.2) is 29.6 Å². The number of nitrogens with two attached hydrogens (primary N) is 1. The van der Waals surface area contributed by atoms with Gasteiger partial charge in [-0.15, -0.1) is 0 Å². The predicted octanol–water partition coefficient (Wildman–Crippen LogP) is 1.78. The number of hydrogen-bond acceptors (Lipinski definition) is 6. The van der Waals surface area contributed by atoms with Crippen LogP contribution in [0.5, 0.6) is 5.88 Å². The number of nitrogens with one attached hydrogen (secondary N) is 1. The number of nitrogens with zero attached hydrogens (tertiary/aromatic N) is 2. The number of rotatable bonds is 7. The molecule has 0 amide bonds. The van der Waals surface area contributed by atoms with Gasteiger partial charge in [-0.1, -0.05) is 13.8 Å². The summed E-state index contributed by atoms with van der Waals surface area (Å²) in [7, 11) is 1.46. The van der Waals surface area contributed by atoms with Crippen LogP contribution in [0.4, 0.5) is 11.5 Å². The Kier molecular flexibility index (Phi) is 5.50. The van der Waals surface area contributed by atoms with E-state index in [1.165, 1.54) is 19.2 Å². The van der Waals surface area contributed by atoms with Crippen LogP contribution in [0, 0.1) is 16.0 Å². The third-order valence-electron chi connectivity index (χ3n) is 2.64. The minimum absolute atomic E-state index is 0.0571. The van der Waals surface area contributed by atoms with Crippen molar-refractivity contribution in [2.45, 2.75) is 26.3 Å². The second-order valence-electron chi connectivity index (χ2n) is 4.68. The lowest BCUT2D eigenvalue weighted by atomic mass is 10.0. The van der Waals surface area contributed by atoms with Crippen molar-refractivity contribution in [2.75, 3.05) is 19.0 Å². The van der Waals surface area contributed by atoms with Crippen LogP contribution < -0.4 is 15.8 Å². The molecule has 1 atom stereocenters. The van der Waals surface area contributed by atoms with Crippen LogP contribution in [0.3, 0.4) is 0 Å². The van der Waals surface area contributed by atoms with Crippen LogP contribution in [0.2, 0.25) is 0 Å². The van der Waals surface area contributed by atoms with Gasteiger partial charge in [0.25, 0.3) is 0 Å². The number of ether oxygens (including phenoxy) is 1. The molecule has 1 aromatic rings. The molecule has 0 aliphatic carbocycles. The molecular formula is C12H20N4O3. The average molecular weight is 268 g/mol. The Bertz CT molecular complexity index is 437. The molecule has 0 aromatic carbocycles. The standard InChI is InChI=1S/C12H20N4O3/c1-8(2)6-9(7-13)14-12-10(16(17)18)4-5-11(15-12)19-3/h4-5,8-9H,6-7,13H2,1-3H3,(H,14,15). The molecule has 3 N–H and O–H groups in total. The number of methoxy groups -OCH3 is 1. The van der Waals surface area contributed by atoms with E-state index in [0.717, 1.165) is 6.42 Å². The van der Waals surface area contributed by atoms with Gasteiger partial charge in [0.05, 0.1) is 12.0 Å². The van der Waals surface area contributed by atoms with Gasteiger partial charge in [-0.2, -0.15) is 4.98 Å². The molecule has 1 unspecified atom stereocenters. The van der Waals surface area contributed by atoms with Crippen molar-refractivity contribution in [2.24, 2.45) is 11.7 Å². The monoisotopic (exact) mass is 268 g/mol. The lowest BCUT2D eigenvalue weighted by molar-refractivity contribution is -0.384. The molecule has 7 heteroatoms. The third kappa shape index (κ3) is 4.36. The Labute approximate surface area is 112 Å². The Morgan fingerprint density at radius 2 is 2.21 bits per heavy atom. The van der Waals surface area contributed by atoms with E-state index in [1.807, 2.05) is 0 Å². The van der Waals surface area contributed by atoms with Crippen molar-refractivity contribution in [1.82, 2.24) is 4.98 Å². The van der Waals surface area contributed by atoms with E-state index in [0.29, 0.717) is 18.3 Å². The summed E-state index contributed by atoms with van der Waals surface area (Å²) in [6, 6.07) is 2.78. The Morgan fingerprint density at radius 1 is 1.53 bits per heavy atom.